The predicted octanol–water partition coefficient (Wildman–Crippen LogP) is 3.12. The molecule has 1 unspecified atom stereocenters. The first kappa shape index (κ1) is 18.4. The fraction of sp³-hybridized carbons (Fsp3) is 0.941. The van der Waals surface area contributed by atoms with Gasteiger partial charge in [0, 0.05) is 6.54 Å². The molecule has 0 heterocycles. The van der Waals surface area contributed by atoms with Gasteiger partial charge >= 0.3 is 5.97 Å². The molecule has 0 aromatic carbocycles. The second kappa shape index (κ2) is 9.42. The van der Waals surface area contributed by atoms with Gasteiger partial charge in [-0.05, 0) is 71.0 Å². The molecular weight excluding hydrogens is 264 g/mol. The Morgan fingerprint density at radius 2 is 2.05 bits per heavy atom. The Hall–Kier alpha value is -0.610. The number of carboxylic acids is 1. The van der Waals surface area contributed by atoms with Crippen LogP contribution >= 0.6 is 0 Å². The number of nitrogens with zero attached hydrogens (tertiary/aromatic N) is 1. The summed E-state index contributed by atoms with van der Waals surface area (Å²) < 4.78 is 0. The van der Waals surface area contributed by atoms with Crippen molar-refractivity contribution in [2.45, 2.75) is 71.3 Å². The standard InChI is InChI=1S/C17H34N2O2/c1-4-12-18-17(3,16(20)21)11-6-7-13-19(5-2)14-15-9-8-10-15/h15,18H,4-14H2,1-3H3,(H,20,21). The van der Waals surface area contributed by atoms with E-state index in [4.69, 9.17) is 0 Å². The molecule has 0 aromatic heterocycles. The summed E-state index contributed by atoms with van der Waals surface area (Å²) in [6, 6.07) is 0. The molecule has 4 nitrogen and oxygen atoms in total. The van der Waals surface area contributed by atoms with Crippen molar-refractivity contribution >= 4 is 5.97 Å². The van der Waals surface area contributed by atoms with Crippen molar-refractivity contribution in [3.05, 3.63) is 0 Å². The van der Waals surface area contributed by atoms with Gasteiger partial charge in [0.1, 0.15) is 5.54 Å². The molecule has 1 fully saturated rings. The van der Waals surface area contributed by atoms with Crippen molar-refractivity contribution in [2.75, 3.05) is 26.2 Å². The minimum Gasteiger partial charge on any atom is -0.480 e. The fourth-order valence-corrected chi connectivity index (χ4v) is 2.90. The van der Waals surface area contributed by atoms with Gasteiger partial charge in [0.05, 0.1) is 0 Å². The zero-order valence-corrected chi connectivity index (χ0v) is 14.2. The number of unbranched alkanes of at least 4 members (excludes halogenated alkanes) is 1. The molecule has 0 amide bonds. The average Bonchev–Trinajstić information content (AvgIpc) is 2.42. The van der Waals surface area contributed by atoms with Crippen LogP contribution in [0.15, 0.2) is 0 Å². The van der Waals surface area contributed by atoms with Gasteiger partial charge in [-0.15, -0.1) is 0 Å². The maximum absolute atomic E-state index is 11.4. The van der Waals surface area contributed by atoms with Gasteiger partial charge in [0.2, 0.25) is 0 Å². The minimum atomic E-state index is -0.763. The van der Waals surface area contributed by atoms with Crippen LogP contribution in [0.2, 0.25) is 0 Å². The van der Waals surface area contributed by atoms with Gasteiger partial charge in [0.25, 0.3) is 0 Å². The number of hydrogen-bond acceptors (Lipinski definition) is 3. The Labute approximate surface area is 130 Å². The molecule has 0 saturated heterocycles. The molecule has 124 valence electrons. The van der Waals surface area contributed by atoms with Crippen LogP contribution in [0.1, 0.15) is 65.7 Å². The number of hydrogen-bond donors (Lipinski definition) is 2. The highest BCUT2D eigenvalue weighted by molar-refractivity contribution is 5.78. The van der Waals surface area contributed by atoms with E-state index < -0.39 is 11.5 Å². The van der Waals surface area contributed by atoms with Crippen molar-refractivity contribution < 1.29 is 9.90 Å². The van der Waals surface area contributed by atoms with E-state index >= 15 is 0 Å². The van der Waals surface area contributed by atoms with E-state index in [0.29, 0.717) is 6.42 Å². The largest absolute Gasteiger partial charge is 0.480 e. The Bertz CT molecular complexity index is 305. The SMILES string of the molecule is CCCNC(C)(CCCCN(CC)CC1CCC1)C(=O)O. The molecule has 1 rings (SSSR count). The van der Waals surface area contributed by atoms with Gasteiger partial charge in [0.15, 0.2) is 0 Å². The first-order valence-electron chi connectivity index (χ1n) is 8.72. The maximum Gasteiger partial charge on any atom is 0.323 e. The molecule has 1 aliphatic rings. The highest BCUT2D eigenvalue weighted by Gasteiger charge is 2.31. The van der Waals surface area contributed by atoms with E-state index in [1.807, 2.05) is 6.92 Å². The molecule has 0 aliphatic heterocycles. The third kappa shape index (κ3) is 6.35. The first-order chi connectivity index (χ1) is 10.0. The smallest absolute Gasteiger partial charge is 0.323 e. The van der Waals surface area contributed by atoms with Gasteiger partial charge < -0.3 is 15.3 Å². The molecule has 2 N–H and O–H groups in total. The quantitative estimate of drug-likeness (QED) is 0.544. The molecular formula is C17H34N2O2. The van der Waals surface area contributed by atoms with Crippen molar-refractivity contribution in [3.8, 4) is 0 Å². The Balaban J connectivity index is 2.24. The summed E-state index contributed by atoms with van der Waals surface area (Å²) in [5, 5.41) is 12.6. The van der Waals surface area contributed by atoms with Gasteiger partial charge in [-0.3, -0.25) is 4.79 Å². The summed E-state index contributed by atoms with van der Waals surface area (Å²) in [7, 11) is 0. The van der Waals surface area contributed by atoms with Crippen molar-refractivity contribution in [1.29, 1.82) is 0 Å². The van der Waals surface area contributed by atoms with Crippen LogP contribution in [0.3, 0.4) is 0 Å². The third-order valence-corrected chi connectivity index (χ3v) is 4.83. The minimum absolute atomic E-state index is 0.712. The number of nitrogens with one attached hydrogen (secondary N) is 1. The Kier molecular flexibility index (Phi) is 8.27. The average molecular weight is 298 g/mol. The summed E-state index contributed by atoms with van der Waals surface area (Å²) in [5.74, 6) is 0.193. The molecule has 0 aromatic rings. The van der Waals surface area contributed by atoms with Crippen LogP contribution in [0.5, 0.6) is 0 Å². The lowest BCUT2D eigenvalue weighted by Gasteiger charge is -2.32. The van der Waals surface area contributed by atoms with Crippen LogP contribution in [0.25, 0.3) is 0 Å². The summed E-state index contributed by atoms with van der Waals surface area (Å²) in [6.45, 7) is 10.3. The molecule has 1 saturated carbocycles. The number of carboxylic acid groups (broad SMARTS) is 1. The van der Waals surface area contributed by atoms with E-state index in [2.05, 4.69) is 24.1 Å². The van der Waals surface area contributed by atoms with Crippen LogP contribution in [0, 0.1) is 5.92 Å². The number of aliphatic carboxylic acids is 1. The lowest BCUT2D eigenvalue weighted by Crippen LogP contribution is -2.49. The highest BCUT2D eigenvalue weighted by Crippen LogP contribution is 2.27. The van der Waals surface area contributed by atoms with Crippen molar-refractivity contribution in [2.24, 2.45) is 5.92 Å². The topological polar surface area (TPSA) is 52.6 Å². The lowest BCUT2D eigenvalue weighted by atomic mass is 9.85. The zero-order chi connectivity index (χ0) is 15.7. The molecule has 1 aliphatic carbocycles. The normalized spacial score (nSPS) is 18.5. The second-order valence-electron chi connectivity index (χ2n) is 6.71. The van der Waals surface area contributed by atoms with Crippen LogP contribution in [-0.4, -0.2) is 47.7 Å². The maximum atomic E-state index is 11.4. The van der Waals surface area contributed by atoms with E-state index in [9.17, 15) is 9.90 Å². The van der Waals surface area contributed by atoms with E-state index in [1.165, 1.54) is 25.8 Å². The van der Waals surface area contributed by atoms with Crippen LogP contribution in [0.4, 0.5) is 0 Å². The second-order valence-corrected chi connectivity index (χ2v) is 6.71. The fourth-order valence-electron chi connectivity index (χ4n) is 2.90. The van der Waals surface area contributed by atoms with Crippen LogP contribution < -0.4 is 5.32 Å². The van der Waals surface area contributed by atoms with Gasteiger partial charge in [-0.1, -0.05) is 20.3 Å². The molecule has 0 bridgehead atoms. The van der Waals surface area contributed by atoms with E-state index in [0.717, 1.165) is 44.8 Å². The first-order valence-corrected chi connectivity index (χ1v) is 8.72. The predicted molar refractivity (Wildman–Crippen MR) is 87.6 cm³/mol. The molecule has 0 spiro atoms. The van der Waals surface area contributed by atoms with Gasteiger partial charge in [-0.2, -0.15) is 0 Å². The summed E-state index contributed by atoms with van der Waals surface area (Å²) in [6.07, 6.45) is 7.94. The molecule has 1 atom stereocenters. The monoisotopic (exact) mass is 298 g/mol. The molecule has 4 heteroatoms. The van der Waals surface area contributed by atoms with E-state index in [1.54, 1.807) is 0 Å². The zero-order valence-electron chi connectivity index (χ0n) is 14.2. The van der Waals surface area contributed by atoms with Crippen LogP contribution in [-0.2, 0) is 4.79 Å². The van der Waals surface area contributed by atoms with Gasteiger partial charge in [-0.25, -0.2) is 0 Å². The van der Waals surface area contributed by atoms with Crippen molar-refractivity contribution in [3.63, 3.8) is 0 Å². The highest BCUT2D eigenvalue weighted by atomic mass is 16.4. The summed E-state index contributed by atoms with van der Waals surface area (Å²) >= 11 is 0. The number of carbonyl (C=O) groups is 1. The third-order valence-electron chi connectivity index (χ3n) is 4.83. The van der Waals surface area contributed by atoms with Crippen molar-refractivity contribution in [1.82, 2.24) is 10.2 Å². The lowest BCUT2D eigenvalue weighted by molar-refractivity contribution is -0.144. The molecule has 0 radical (unpaired) electrons. The van der Waals surface area contributed by atoms with E-state index in [-0.39, 0.29) is 0 Å². The number of rotatable bonds is 12. The summed E-state index contributed by atoms with van der Waals surface area (Å²) in [5.41, 5.74) is -0.763. The molecule has 21 heavy (non-hydrogen) atoms. The summed E-state index contributed by atoms with van der Waals surface area (Å²) in [4.78, 5) is 14.0. The Morgan fingerprint density at radius 3 is 2.52 bits per heavy atom. The Morgan fingerprint density at radius 1 is 1.33 bits per heavy atom.